The number of anilines is 1. The smallest absolute Gasteiger partial charge is 0.327 e. The summed E-state index contributed by atoms with van der Waals surface area (Å²) in [4.78, 5) is 10.1. The van der Waals surface area contributed by atoms with Gasteiger partial charge in [0, 0.05) is 6.61 Å². The number of hydrogen-bond donors (Lipinski definition) is 1. The van der Waals surface area contributed by atoms with Gasteiger partial charge in [-0.15, -0.1) is 0 Å². The molecule has 1 fully saturated rings. The van der Waals surface area contributed by atoms with E-state index in [0.29, 0.717) is 13.2 Å². The number of hydrogen-bond acceptors (Lipinski definition) is 4. The van der Waals surface area contributed by atoms with Crippen LogP contribution in [0.25, 0.3) is 0 Å². The van der Waals surface area contributed by atoms with Gasteiger partial charge in [-0.2, -0.15) is 4.39 Å². The fourth-order valence-electron chi connectivity index (χ4n) is 1.89. The molecular formula is C11H13FN2O3. The van der Waals surface area contributed by atoms with Crippen LogP contribution < -0.4 is 5.32 Å². The molecule has 1 unspecified atom stereocenters. The van der Waals surface area contributed by atoms with Crippen molar-refractivity contribution < 1.29 is 14.1 Å². The number of rotatable bonds is 3. The Morgan fingerprint density at radius 2 is 2.35 bits per heavy atom. The summed E-state index contributed by atoms with van der Waals surface area (Å²) in [7, 11) is 0. The first-order valence-electron chi connectivity index (χ1n) is 5.31. The third kappa shape index (κ3) is 2.36. The second-order valence-corrected chi connectivity index (χ2v) is 4.38. The molecule has 2 rings (SSSR count). The van der Waals surface area contributed by atoms with Gasteiger partial charge in [0.1, 0.15) is 5.69 Å². The van der Waals surface area contributed by atoms with Gasteiger partial charge in [0.05, 0.1) is 17.1 Å². The molecule has 92 valence electrons. The van der Waals surface area contributed by atoms with E-state index in [9.17, 15) is 14.5 Å². The Hall–Kier alpha value is -1.69. The van der Waals surface area contributed by atoms with Gasteiger partial charge in [-0.3, -0.25) is 10.1 Å². The van der Waals surface area contributed by atoms with Crippen molar-refractivity contribution in [1.29, 1.82) is 0 Å². The molecule has 0 radical (unpaired) electrons. The average Bonchev–Trinajstić information content (AvgIpc) is 2.64. The van der Waals surface area contributed by atoms with Crippen LogP contribution in [-0.4, -0.2) is 23.7 Å². The van der Waals surface area contributed by atoms with E-state index in [1.807, 2.05) is 6.92 Å². The van der Waals surface area contributed by atoms with Gasteiger partial charge in [0.2, 0.25) is 5.82 Å². The van der Waals surface area contributed by atoms with E-state index in [0.717, 1.165) is 12.5 Å². The van der Waals surface area contributed by atoms with Gasteiger partial charge in [-0.1, -0.05) is 6.07 Å². The van der Waals surface area contributed by atoms with Gasteiger partial charge in [-0.05, 0) is 25.5 Å². The third-order valence-electron chi connectivity index (χ3n) is 2.82. The van der Waals surface area contributed by atoms with Gasteiger partial charge < -0.3 is 10.1 Å². The predicted molar refractivity (Wildman–Crippen MR) is 60.5 cm³/mol. The van der Waals surface area contributed by atoms with Crippen molar-refractivity contribution in [3.8, 4) is 0 Å². The Labute approximate surface area is 97.7 Å². The summed E-state index contributed by atoms with van der Waals surface area (Å²) in [6.07, 6.45) is 0.737. The molecular weight excluding hydrogens is 227 g/mol. The van der Waals surface area contributed by atoms with Crippen molar-refractivity contribution in [3.63, 3.8) is 0 Å². The Morgan fingerprint density at radius 1 is 1.59 bits per heavy atom. The summed E-state index contributed by atoms with van der Waals surface area (Å²) in [6, 6.07) is 4.03. The Morgan fingerprint density at radius 3 is 2.94 bits per heavy atom. The molecule has 1 saturated heterocycles. The molecule has 1 aliphatic heterocycles. The molecule has 0 amide bonds. The monoisotopic (exact) mass is 240 g/mol. The Balaban J connectivity index is 2.32. The molecule has 0 aliphatic carbocycles. The number of nitro groups is 1. The van der Waals surface area contributed by atoms with Crippen molar-refractivity contribution >= 4 is 11.4 Å². The molecule has 1 aromatic carbocycles. The zero-order chi connectivity index (χ0) is 12.5. The highest BCUT2D eigenvalue weighted by Gasteiger charge is 2.32. The van der Waals surface area contributed by atoms with Crippen LogP contribution in [0.2, 0.25) is 0 Å². The highest BCUT2D eigenvalue weighted by atomic mass is 19.1. The number of nitro benzene ring substituents is 1. The molecule has 17 heavy (non-hydrogen) atoms. The molecule has 6 heteroatoms. The Bertz CT molecular complexity index is 444. The van der Waals surface area contributed by atoms with Crippen molar-refractivity contribution in [3.05, 3.63) is 34.1 Å². The van der Waals surface area contributed by atoms with E-state index in [1.165, 1.54) is 12.1 Å². The summed E-state index contributed by atoms with van der Waals surface area (Å²) in [5, 5.41) is 13.8. The van der Waals surface area contributed by atoms with Gasteiger partial charge in [-0.25, -0.2) is 0 Å². The van der Waals surface area contributed by atoms with E-state index in [-0.39, 0.29) is 11.2 Å². The molecule has 5 nitrogen and oxygen atoms in total. The lowest BCUT2D eigenvalue weighted by Crippen LogP contribution is -2.35. The predicted octanol–water partition coefficient (Wildman–Crippen LogP) is 2.32. The highest BCUT2D eigenvalue weighted by Crippen LogP contribution is 2.32. The quantitative estimate of drug-likeness (QED) is 0.650. The Kier molecular flexibility index (Phi) is 2.97. The summed E-state index contributed by atoms with van der Waals surface area (Å²) in [6.45, 7) is 2.96. The first-order chi connectivity index (χ1) is 8.02. The van der Waals surface area contributed by atoms with Crippen molar-refractivity contribution in [1.82, 2.24) is 0 Å². The van der Waals surface area contributed by atoms with Crippen LogP contribution in [0.3, 0.4) is 0 Å². The molecule has 1 N–H and O–H groups in total. The largest absolute Gasteiger partial charge is 0.379 e. The second kappa shape index (κ2) is 4.29. The van der Waals surface area contributed by atoms with Crippen LogP contribution >= 0.6 is 0 Å². The minimum Gasteiger partial charge on any atom is -0.379 e. The highest BCUT2D eigenvalue weighted by molar-refractivity contribution is 5.63. The average molecular weight is 240 g/mol. The molecule has 0 saturated carbocycles. The van der Waals surface area contributed by atoms with Crippen LogP contribution in [0.1, 0.15) is 13.3 Å². The molecule has 1 aromatic rings. The van der Waals surface area contributed by atoms with Crippen LogP contribution in [0.5, 0.6) is 0 Å². The second-order valence-electron chi connectivity index (χ2n) is 4.38. The number of nitrogens with one attached hydrogen (secondary N) is 1. The minimum atomic E-state index is -0.831. The zero-order valence-corrected chi connectivity index (χ0v) is 9.40. The van der Waals surface area contributed by atoms with Crippen LogP contribution in [0.15, 0.2) is 18.2 Å². The lowest BCUT2D eigenvalue weighted by atomic mass is 10.0. The maximum Gasteiger partial charge on any atom is 0.327 e. The molecule has 1 atom stereocenters. The number of halogens is 1. The van der Waals surface area contributed by atoms with Gasteiger partial charge in [0.15, 0.2) is 0 Å². The topological polar surface area (TPSA) is 64.4 Å². The fraction of sp³-hybridized carbons (Fsp3) is 0.455. The van der Waals surface area contributed by atoms with Gasteiger partial charge >= 0.3 is 5.69 Å². The number of para-hydroxylation sites is 1. The lowest BCUT2D eigenvalue weighted by molar-refractivity contribution is -0.386. The van der Waals surface area contributed by atoms with Gasteiger partial charge in [0.25, 0.3) is 0 Å². The van der Waals surface area contributed by atoms with E-state index >= 15 is 0 Å². The number of nitrogens with zero attached hydrogens (tertiary/aromatic N) is 1. The molecule has 1 aliphatic rings. The molecule has 0 bridgehead atoms. The van der Waals surface area contributed by atoms with E-state index < -0.39 is 16.4 Å². The standard InChI is InChI=1S/C11H13FN2O3/c1-11(5-6-17-7-11)13-9-4-2-3-8(12)10(9)14(15)16/h2-4,13H,5-7H2,1H3. The van der Waals surface area contributed by atoms with Crippen LogP contribution in [0, 0.1) is 15.9 Å². The first kappa shape index (κ1) is 11.8. The SMILES string of the molecule is CC1(Nc2cccc(F)c2[N+](=O)[O-])CCOC1. The van der Waals surface area contributed by atoms with E-state index in [4.69, 9.17) is 4.74 Å². The summed E-state index contributed by atoms with van der Waals surface area (Å²) >= 11 is 0. The maximum atomic E-state index is 13.4. The van der Waals surface area contributed by atoms with Crippen molar-refractivity contribution in [2.75, 3.05) is 18.5 Å². The first-order valence-corrected chi connectivity index (χ1v) is 5.31. The number of ether oxygens (including phenoxy) is 1. The normalized spacial score (nSPS) is 23.6. The minimum absolute atomic E-state index is 0.197. The summed E-state index contributed by atoms with van der Waals surface area (Å²) < 4.78 is 18.6. The number of benzene rings is 1. The van der Waals surface area contributed by atoms with E-state index in [2.05, 4.69) is 5.32 Å². The summed E-state index contributed by atoms with van der Waals surface area (Å²) in [5.74, 6) is -0.831. The van der Waals surface area contributed by atoms with Crippen LogP contribution in [0.4, 0.5) is 15.8 Å². The van der Waals surface area contributed by atoms with E-state index in [1.54, 1.807) is 0 Å². The summed E-state index contributed by atoms with van der Waals surface area (Å²) in [5.41, 5.74) is -0.693. The van der Waals surface area contributed by atoms with Crippen molar-refractivity contribution in [2.24, 2.45) is 0 Å². The van der Waals surface area contributed by atoms with Crippen molar-refractivity contribution in [2.45, 2.75) is 18.9 Å². The molecule has 0 spiro atoms. The molecule has 0 aromatic heterocycles. The van der Waals surface area contributed by atoms with Crippen LogP contribution in [-0.2, 0) is 4.74 Å². The lowest BCUT2D eigenvalue weighted by Gasteiger charge is -2.24. The molecule has 1 heterocycles. The zero-order valence-electron chi connectivity index (χ0n) is 9.40. The third-order valence-corrected chi connectivity index (χ3v) is 2.82. The maximum absolute atomic E-state index is 13.4. The fourth-order valence-corrected chi connectivity index (χ4v) is 1.89.